The van der Waals surface area contributed by atoms with Gasteiger partial charge in [0.25, 0.3) is 0 Å². The zero-order valence-electron chi connectivity index (χ0n) is 12.6. The van der Waals surface area contributed by atoms with Gasteiger partial charge in [-0.05, 0) is 29.6 Å². The fourth-order valence-electron chi connectivity index (χ4n) is 2.21. The molecule has 0 aliphatic carbocycles. The highest BCUT2D eigenvalue weighted by molar-refractivity contribution is 7.09. The molecule has 108 valence electrons. The minimum atomic E-state index is 0.520. The average molecular weight is 288 g/mol. The maximum Gasteiger partial charge on any atom is 0.0328 e. The molecule has 0 saturated heterocycles. The van der Waals surface area contributed by atoms with Crippen molar-refractivity contribution < 1.29 is 0 Å². The molecule has 0 atom stereocenters. The Kier molecular flexibility index (Phi) is 5.77. The largest absolute Gasteiger partial charge is 0.310 e. The van der Waals surface area contributed by atoms with Gasteiger partial charge in [-0.25, -0.2) is 0 Å². The predicted molar refractivity (Wildman–Crippen MR) is 87.9 cm³/mol. The van der Waals surface area contributed by atoms with Gasteiger partial charge >= 0.3 is 0 Å². The van der Waals surface area contributed by atoms with Crippen molar-refractivity contribution in [2.45, 2.75) is 39.5 Å². The van der Waals surface area contributed by atoms with Crippen LogP contribution in [0.25, 0.3) is 0 Å². The molecule has 0 aliphatic heterocycles. The van der Waals surface area contributed by atoms with Gasteiger partial charge in [0.2, 0.25) is 0 Å². The van der Waals surface area contributed by atoms with Crippen molar-refractivity contribution in [3.05, 3.63) is 57.8 Å². The maximum absolute atomic E-state index is 3.50. The smallest absolute Gasteiger partial charge is 0.0328 e. The number of thiophene rings is 1. The molecule has 3 heteroatoms. The summed E-state index contributed by atoms with van der Waals surface area (Å²) in [5, 5.41) is 5.65. The normalized spacial score (nSPS) is 11.4. The molecule has 0 aliphatic rings. The van der Waals surface area contributed by atoms with Crippen LogP contribution < -0.4 is 5.32 Å². The van der Waals surface area contributed by atoms with E-state index in [0.717, 1.165) is 19.6 Å². The molecule has 1 heterocycles. The Morgan fingerprint density at radius 3 is 2.45 bits per heavy atom. The molecule has 0 bridgehead atoms. The Morgan fingerprint density at radius 1 is 1.05 bits per heavy atom. The Morgan fingerprint density at radius 2 is 1.80 bits per heavy atom. The van der Waals surface area contributed by atoms with E-state index in [-0.39, 0.29) is 0 Å². The molecular formula is C17H24N2S. The summed E-state index contributed by atoms with van der Waals surface area (Å²) >= 11 is 1.83. The molecule has 0 amide bonds. The Hall–Kier alpha value is -1.16. The first-order valence-electron chi connectivity index (χ1n) is 7.16. The molecule has 0 saturated carbocycles. The average Bonchev–Trinajstić information content (AvgIpc) is 2.90. The van der Waals surface area contributed by atoms with Gasteiger partial charge in [-0.3, -0.25) is 4.90 Å². The number of rotatable bonds is 7. The van der Waals surface area contributed by atoms with Crippen molar-refractivity contribution in [3.8, 4) is 0 Å². The lowest BCUT2D eigenvalue weighted by Crippen LogP contribution is -2.24. The topological polar surface area (TPSA) is 15.3 Å². The Balaban J connectivity index is 1.97. The minimum Gasteiger partial charge on any atom is -0.310 e. The molecule has 1 aromatic heterocycles. The van der Waals surface area contributed by atoms with Crippen LogP contribution in [0.1, 0.15) is 29.9 Å². The number of nitrogens with one attached hydrogen (secondary N) is 1. The number of hydrogen-bond acceptors (Lipinski definition) is 3. The van der Waals surface area contributed by atoms with Crippen molar-refractivity contribution in [3.63, 3.8) is 0 Å². The highest BCUT2D eigenvalue weighted by Crippen LogP contribution is 2.15. The number of hydrogen-bond donors (Lipinski definition) is 1. The second-order valence-electron chi connectivity index (χ2n) is 5.56. The molecule has 0 spiro atoms. The Labute approximate surface area is 126 Å². The molecule has 2 nitrogen and oxygen atoms in total. The molecule has 20 heavy (non-hydrogen) atoms. The zero-order chi connectivity index (χ0) is 14.4. The zero-order valence-corrected chi connectivity index (χ0v) is 13.4. The van der Waals surface area contributed by atoms with Crippen LogP contribution in [0.15, 0.2) is 41.8 Å². The van der Waals surface area contributed by atoms with Crippen LogP contribution in [0.3, 0.4) is 0 Å². The van der Waals surface area contributed by atoms with E-state index in [4.69, 9.17) is 0 Å². The van der Waals surface area contributed by atoms with Crippen molar-refractivity contribution in [2.24, 2.45) is 0 Å². The van der Waals surface area contributed by atoms with Crippen LogP contribution in [-0.2, 0) is 19.6 Å². The van der Waals surface area contributed by atoms with Gasteiger partial charge < -0.3 is 5.32 Å². The van der Waals surface area contributed by atoms with Crippen LogP contribution >= 0.6 is 11.3 Å². The monoisotopic (exact) mass is 288 g/mol. The highest BCUT2D eigenvalue weighted by atomic mass is 32.1. The standard InChI is InChI=1S/C17H24N2S/c1-14(2)18-11-15-7-4-5-8-16(15)12-19(3)13-17-9-6-10-20-17/h4-10,14,18H,11-13H2,1-3H3. The van der Waals surface area contributed by atoms with E-state index in [1.165, 1.54) is 16.0 Å². The quantitative estimate of drug-likeness (QED) is 0.832. The van der Waals surface area contributed by atoms with Gasteiger partial charge in [0, 0.05) is 30.6 Å². The lowest BCUT2D eigenvalue weighted by molar-refractivity contribution is 0.320. The van der Waals surface area contributed by atoms with Gasteiger partial charge in [-0.15, -0.1) is 11.3 Å². The van der Waals surface area contributed by atoms with Crippen LogP contribution in [0, 0.1) is 0 Å². The summed E-state index contributed by atoms with van der Waals surface area (Å²) in [6, 6.07) is 13.6. The van der Waals surface area contributed by atoms with Gasteiger partial charge in [0.15, 0.2) is 0 Å². The highest BCUT2D eigenvalue weighted by Gasteiger charge is 2.07. The van der Waals surface area contributed by atoms with Gasteiger partial charge in [-0.1, -0.05) is 44.2 Å². The summed E-state index contributed by atoms with van der Waals surface area (Å²) in [6.07, 6.45) is 0. The molecule has 1 N–H and O–H groups in total. The summed E-state index contributed by atoms with van der Waals surface area (Å²) in [5.74, 6) is 0. The lowest BCUT2D eigenvalue weighted by atomic mass is 10.1. The summed E-state index contributed by atoms with van der Waals surface area (Å²) in [4.78, 5) is 3.80. The summed E-state index contributed by atoms with van der Waals surface area (Å²) in [5.41, 5.74) is 2.82. The van der Waals surface area contributed by atoms with E-state index in [1.807, 2.05) is 11.3 Å². The van der Waals surface area contributed by atoms with Crippen molar-refractivity contribution in [1.82, 2.24) is 10.2 Å². The van der Waals surface area contributed by atoms with Gasteiger partial charge in [0.05, 0.1) is 0 Å². The fourth-order valence-corrected chi connectivity index (χ4v) is 3.00. The van der Waals surface area contributed by atoms with Gasteiger partial charge in [0.1, 0.15) is 0 Å². The minimum absolute atomic E-state index is 0.520. The SMILES string of the molecule is CC(C)NCc1ccccc1CN(C)Cc1cccs1. The third kappa shape index (κ3) is 4.75. The fraction of sp³-hybridized carbons (Fsp3) is 0.412. The number of nitrogens with zero attached hydrogens (tertiary/aromatic N) is 1. The van der Waals surface area contributed by atoms with Crippen molar-refractivity contribution in [2.75, 3.05) is 7.05 Å². The van der Waals surface area contributed by atoms with Crippen molar-refractivity contribution in [1.29, 1.82) is 0 Å². The van der Waals surface area contributed by atoms with Crippen LogP contribution in [-0.4, -0.2) is 18.0 Å². The first-order valence-corrected chi connectivity index (χ1v) is 8.04. The van der Waals surface area contributed by atoms with E-state index in [2.05, 4.69) is 72.9 Å². The molecule has 0 unspecified atom stereocenters. The Bertz CT molecular complexity index is 505. The van der Waals surface area contributed by atoms with E-state index in [9.17, 15) is 0 Å². The first kappa shape index (κ1) is 15.2. The number of benzene rings is 1. The summed E-state index contributed by atoms with van der Waals surface area (Å²) < 4.78 is 0. The third-order valence-electron chi connectivity index (χ3n) is 3.27. The van der Waals surface area contributed by atoms with E-state index >= 15 is 0 Å². The third-order valence-corrected chi connectivity index (χ3v) is 4.13. The second-order valence-corrected chi connectivity index (χ2v) is 6.59. The molecule has 0 fully saturated rings. The van der Waals surface area contributed by atoms with E-state index < -0.39 is 0 Å². The summed E-state index contributed by atoms with van der Waals surface area (Å²) in [6.45, 7) is 7.33. The molecular weight excluding hydrogens is 264 g/mol. The second kappa shape index (κ2) is 7.58. The molecule has 1 aromatic carbocycles. The summed E-state index contributed by atoms with van der Waals surface area (Å²) in [7, 11) is 2.19. The van der Waals surface area contributed by atoms with E-state index in [0.29, 0.717) is 6.04 Å². The predicted octanol–water partition coefficient (Wildman–Crippen LogP) is 3.88. The molecule has 2 aromatic rings. The van der Waals surface area contributed by atoms with Crippen LogP contribution in [0.5, 0.6) is 0 Å². The van der Waals surface area contributed by atoms with Crippen LogP contribution in [0.2, 0.25) is 0 Å². The maximum atomic E-state index is 3.50. The molecule has 2 rings (SSSR count). The van der Waals surface area contributed by atoms with Crippen molar-refractivity contribution >= 4 is 11.3 Å². The molecule has 0 radical (unpaired) electrons. The lowest BCUT2D eigenvalue weighted by Gasteiger charge is -2.19. The van der Waals surface area contributed by atoms with E-state index in [1.54, 1.807) is 0 Å². The van der Waals surface area contributed by atoms with Crippen LogP contribution in [0.4, 0.5) is 0 Å². The van der Waals surface area contributed by atoms with Gasteiger partial charge in [-0.2, -0.15) is 0 Å². The first-order chi connectivity index (χ1) is 9.65.